The number of rotatable bonds is 4. The molecule has 0 saturated heterocycles. The fourth-order valence-electron chi connectivity index (χ4n) is 0.577. The predicted molar refractivity (Wildman–Crippen MR) is 38.8 cm³/mol. The molecule has 0 atom stereocenters. The van der Waals surface area contributed by atoms with E-state index in [4.69, 9.17) is 10.8 Å². The summed E-state index contributed by atoms with van der Waals surface area (Å²) >= 11 is 0. The van der Waals surface area contributed by atoms with Gasteiger partial charge in [0.2, 0.25) is 0 Å². The first-order valence-electron chi connectivity index (χ1n) is 3.01. The Morgan fingerprint density at radius 3 is 2.70 bits per heavy atom. The molecule has 0 aliphatic carbocycles. The second kappa shape index (κ2) is 4.81. The smallest absolute Gasteiger partial charge is 0.407 e. The van der Waals surface area contributed by atoms with Crippen LogP contribution < -0.4 is 5.73 Å². The molecule has 4 nitrogen and oxygen atoms in total. The molecule has 0 fully saturated rings. The van der Waals surface area contributed by atoms with Crippen LogP contribution in [0.25, 0.3) is 0 Å². The quantitative estimate of drug-likeness (QED) is 0.550. The summed E-state index contributed by atoms with van der Waals surface area (Å²) in [6.07, 6.45) is 0.578. The molecule has 0 saturated carbocycles. The van der Waals surface area contributed by atoms with E-state index in [9.17, 15) is 4.79 Å². The molecule has 0 aromatic carbocycles. The molecule has 3 N–H and O–H groups in total. The molecule has 0 rings (SSSR count). The molecule has 4 heteroatoms. The van der Waals surface area contributed by atoms with Gasteiger partial charge in [-0.3, -0.25) is 0 Å². The first kappa shape index (κ1) is 8.97. The highest BCUT2D eigenvalue weighted by atomic mass is 16.4. The average molecular weight is 144 g/mol. The van der Waals surface area contributed by atoms with Crippen LogP contribution in [-0.4, -0.2) is 35.7 Å². The van der Waals surface area contributed by atoms with Gasteiger partial charge < -0.3 is 15.7 Å². The van der Waals surface area contributed by atoms with Gasteiger partial charge in [-0.1, -0.05) is 6.08 Å². The number of amides is 1. The molecule has 0 unspecified atom stereocenters. The zero-order chi connectivity index (χ0) is 7.98. The van der Waals surface area contributed by atoms with Gasteiger partial charge in [-0.15, -0.1) is 6.58 Å². The van der Waals surface area contributed by atoms with Gasteiger partial charge in [0, 0.05) is 19.6 Å². The van der Waals surface area contributed by atoms with Crippen LogP contribution in [0, 0.1) is 0 Å². The lowest BCUT2D eigenvalue weighted by molar-refractivity contribution is 0.151. The van der Waals surface area contributed by atoms with E-state index in [-0.39, 0.29) is 0 Å². The number of hydrogen-bond acceptors (Lipinski definition) is 2. The van der Waals surface area contributed by atoms with E-state index in [0.29, 0.717) is 19.6 Å². The predicted octanol–water partition coefficient (Wildman–Crippen LogP) is 0.111. The molecular formula is C6H12N2O2. The van der Waals surface area contributed by atoms with E-state index in [1.165, 1.54) is 11.0 Å². The van der Waals surface area contributed by atoms with Gasteiger partial charge in [0.1, 0.15) is 0 Å². The van der Waals surface area contributed by atoms with Crippen molar-refractivity contribution in [3.05, 3.63) is 12.7 Å². The lowest BCUT2D eigenvalue weighted by Crippen LogP contribution is -2.34. The van der Waals surface area contributed by atoms with E-state index < -0.39 is 6.09 Å². The SMILES string of the molecule is C=CCN(CCN)C(=O)O. The molecule has 0 spiro atoms. The lowest BCUT2D eigenvalue weighted by Gasteiger charge is -2.14. The van der Waals surface area contributed by atoms with Crippen molar-refractivity contribution in [1.82, 2.24) is 4.90 Å². The van der Waals surface area contributed by atoms with Crippen LogP contribution in [0.5, 0.6) is 0 Å². The Balaban J connectivity index is 3.71. The number of carboxylic acid groups (broad SMARTS) is 1. The summed E-state index contributed by atoms with van der Waals surface area (Å²) in [7, 11) is 0. The van der Waals surface area contributed by atoms with Crippen LogP contribution >= 0.6 is 0 Å². The summed E-state index contributed by atoms with van der Waals surface area (Å²) in [5.74, 6) is 0. The molecule has 0 aromatic rings. The van der Waals surface area contributed by atoms with E-state index in [1.807, 2.05) is 0 Å². The van der Waals surface area contributed by atoms with Gasteiger partial charge in [0.25, 0.3) is 0 Å². The van der Waals surface area contributed by atoms with Crippen LogP contribution in [-0.2, 0) is 0 Å². The minimum Gasteiger partial charge on any atom is -0.465 e. The van der Waals surface area contributed by atoms with Crippen molar-refractivity contribution in [3.63, 3.8) is 0 Å². The summed E-state index contributed by atoms with van der Waals surface area (Å²) in [5, 5.41) is 8.46. The average Bonchev–Trinajstić information content (AvgIpc) is 1.87. The van der Waals surface area contributed by atoms with Crippen molar-refractivity contribution in [1.29, 1.82) is 0 Å². The van der Waals surface area contributed by atoms with Crippen molar-refractivity contribution < 1.29 is 9.90 Å². The molecule has 0 aliphatic rings. The molecule has 10 heavy (non-hydrogen) atoms. The molecule has 58 valence electrons. The van der Waals surface area contributed by atoms with Crippen molar-refractivity contribution >= 4 is 6.09 Å². The zero-order valence-corrected chi connectivity index (χ0v) is 5.79. The Morgan fingerprint density at radius 2 is 2.40 bits per heavy atom. The first-order valence-corrected chi connectivity index (χ1v) is 3.01. The van der Waals surface area contributed by atoms with Gasteiger partial charge >= 0.3 is 6.09 Å². The molecule has 1 amide bonds. The summed E-state index contributed by atoms with van der Waals surface area (Å²) in [4.78, 5) is 11.5. The largest absolute Gasteiger partial charge is 0.465 e. The minimum atomic E-state index is -0.953. The number of carbonyl (C=O) groups is 1. The summed E-state index contributed by atoms with van der Waals surface area (Å²) in [6.45, 7) is 4.47. The van der Waals surface area contributed by atoms with Crippen LogP contribution in [0.3, 0.4) is 0 Å². The number of nitrogens with two attached hydrogens (primary N) is 1. The highest BCUT2D eigenvalue weighted by molar-refractivity contribution is 5.65. The lowest BCUT2D eigenvalue weighted by atomic mass is 10.5. The second-order valence-corrected chi connectivity index (χ2v) is 1.81. The maximum Gasteiger partial charge on any atom is 0.407 e. The van der Waals surface area contributed by atoms with E-state index in [2.05, 4.69) is 6.58 Å². The summed E-state index contributed by atoms with van der Waals surface area (Å²) in [5.41, 5.74) is 5.16. The van der Waals surface area contributed by atoms with Crippen molar-refractivity contribution in [2.24, 2.45) is 5.73 Å². The van der Waals surface area contributed by atoms with E-state index in [0.717, 1.165) is 0 Å². The molecule has 0 heterocycles. The van der Waals surface area contributed by atoms with Crippen molar-refractivity contribution in [2.45, 2.75) is 0 Å². The Kier molecular flexibility index (Phi) is 4.32. The molecule has 0 aromatic heterocycles. The molecule has 0 bridgehead atoms. The fraction of sp³-hybridized carbons (Fsp3) is 0.500. The monoisotopic (exact) mass is 144 g/mol. The third-order valence-electron chi connectivity index (χ3n) is 1.02. The maximum atomic E-state index is 10.3. The number of hydrogen-bond donors (Lipinski definition) is 2. The Morgan fingerprint density at radius 1 is 1.80 bits per heavy atom. The molecular weight excluding hydrogens is 132 g/mol. The van der Waals surface area contributed by atoms with Crippen molar-refractivity contribution in [2.75, 3.05) is 19.6 Å². The van der Waals surface area contributed by atoms with Gasteiger partial charge in [-0.05, 0) is 0 Å². The highest BCUT2D eigenvalue weighted by Crippen LogP contribution is 1.86. The Hall–Kier alpha value is -1.03. The third-order valence-corrected chi connectivity index (χ3v) is 1.02. The number of nitrogens with zero attached hydrogens (tertiary/aromatic N) is 1. The molecule has 0 radical (unpaired) electrons. The van der Waals surface area contributed by atoms with E-state index in [1.54, 1.807) is 0 Å². The van der Waals surface area contributed by atoms with Gasteiger partial charge in [-0.25, -0.2) is 4.79 Å². The first-order chi connectivity index (χ1) is 4.72. The summed E-state index contributed by atoms with van der Waals surface area (Å²) < 4.78 is 0. The second-order valence-electron chi connectivity index (χ2n) is 1.81. The molecule has 0 aliphatic heterocycles. The normalized spacial score (nSPS) is 8.90. The zero-order valence-electron chi connectivity index (χ0n) is 5.79. The van der Waals surface area contributed by atoms with Gasteiger partial charge in [0.15, 0.2) is 0 Å². The standard InChI is InChI=1S/C6H12N2O2/c1-2-4-8(5-3-7)6(9)10/h2H,1,3-5,7H2,(H,9,10). The van der Waals surface area contributed by atoms with Crippen LogP contribution in [0.1, 0.15) is 0 Å². The van der Waals surface area contributed by atoms with E-state index >= 15 is 0 Å². The highest BCUT2D eigenvalue weighted by Gasteiger charge is 2.06. The van der Waals surface area contributed by atoms with Crippen LogP contribution in [0.4, 0.5) is 4.79 Å². The van der Waals surface area contributed by atoms with Crippen LogP contribution in [0.15, 0.2) is 12.7 Å². The Bertz CT molecular complexity index is 125. The summed E-state index contributed by atoms with van der Waals surface area (Å²) in [6, 6.07) is 0. The third kappa shape index (κ3) is 3.09. The fourth-order valence-corrected chi connectivity index (χ4v) is 0.577. The minimum absolute atomic E-state index is 0.340. The van der Waals surface area contributed by atoms with Crippen LogP contribution in [0.2, 0.25) is 0 Å². The van der Waals surface area contributed by atoms with Gasteiger partial charge in [0.05, 0.1) is 0 Å². The topological polar surface area (TPSA) is 66.6 Å². The van der Waals surface area contributed by atoms with Crippen molar-refractivity contribution in [3.8, 4) is 0 Å². The maximum absolute atomic E-state index is 10.3. The Labute approximate surface area is 59.9 Å². The van der Waals surface area contributed by atoms with Gasteiger partial charge in [-0.2, -0.15) is 0 Å².